The molecule has 0 aromatic rings. The first-order valence-electron chi connectivity index (χ1n) is 5.62. The van der Waals surface area contributed by atoms with Crippen LogP contribution in [0.15, 0.2) is 0 Å². The van der Waals surface area contributed by atoms with E-state index in [0.717, 1.165) is 25.8 Å². The zero-order valence-electron chi connectivity index (χ0n) is 9.74. The summed E-state index contributed by atoms with van der Waals surface area (Å²) in [4.78, 5) is 13.4. The largest absolute Gasteiger partial charge is 0.385 e. The van der Waals surface area contributed by atoms with Crippen molar-refractivity contribution in [3.63, 3.8) is 0 Å². The molecular weight excluding hydrogens is 192 g/mol. The Labute approximate surface area is 91.8 Å². The lowest BCUT2D eigenvalue weighted by Crippen LogP contribution is -2.43. The molecule has 15 heavy (non-hydrogen) atoms. The minimum atomic E-state index is 0.215. The number of carbonyl (C=O) groups is 1. The molecule has 0 aliphatic heterocycles. The van der Waals surface area contributed by atoms with Crippen LogP contribution < -0.4 is 5.73 Å². The van der Waals surface area contributed by atoms with Gasteiger partial charge in [-0.15, -0.1) is 0 Å². The van der Waals surface area contributed by atoms with E-state index < -0.39 is 0 Å². The number of methoxy groups -OCH3 is 1. The van der Waals surface area contributed by atoms with E-state index in [1.807, 2.05) is 11.9 Å². The van der Waals surface area contributed by atoms with Crippen molar-refractivity contribution >= 4 is 5.91 Å². The van der Waals surface area contributed by atoms with Crippen molar-refractivity contribution in [3.05, 3.63) is 0 Å². The second-order valence-electron chi connectivity index (χ2n) is 4.47. The molecule has 0 aromatic carbocycles. The van der Waals surface area contributed by atoms with Crippen molar-refractivity contribution in [1.29, 1.82) is 0 Å². The standard InChI is InChI=1S/C11H22N2O2/c1-13(8-9-6-10(12)7-9)11(14)4-3-5-15-2/h9-10H,3-8,12H2,1-2H3. The predicted molar refractivity (Wildman–Crippen MR) is 59.4 cm³/mol. The number of rotatable bonds is 6. The number of nitrogens with zero attached hydrogens (tertiary/aromatic N) is 1. The van der Waals surface area contributed by atoms with Crippen LogP contribution >= 0.6 is 0 Å². The second-order valence-corrected chi connectivity index (χ2v) is 4.47. The predicted octanol–water partition coefficient (Wildman–Crippen LogP) is 0.609. The van der Waals surface area contributed by atoms with Crippen LogP contribution in [0.1, 0.15) is 25.7 Å². The van der Waals surface area contributed by atoms with Crippen LogP contribution in [0.2, 0.25) is 0 Å². The van der Waals surface area contributed by atoms with Crippen LogP contribution in [-0.4, -0.2) is 44.2 Å². The summed E-state index contributed by atoms with van der Waals surface area (Å²) in [7, 11) is 3.53. The van der Waals surface area contributed by atoms with Crippen LogP contribution in [-0.2, 0) is 9.53 Å². The van der Waals surface area contributed by atoms with Gasteiger partial charge in [-0.25, -0.2) is 0 Å². The molecule has 0 spiro atoms. The highest BCUT2D eigenvalue weighted by atomic mass is 16.5. The summed E-state index contributed by atoms with van der Waals surface area (Å²) in [5.74, 6) is 0.837. The number of ether oxygens (including phenoxy) is 1. The summed E-state index contributed by atoms with van der Waals surface area (Å²) in [6.45, 7) is 1.52. The first kappa shape index (κ1) is 12.5. The second kappa shape index (κ2) is 6.08. The Morgan fingerprint density at radius 2 is 2.20 bits per heavy atom. The van der Waals surface area contributed by atoms with E-state index in [1.54, 1.807) is 7.11 Å². The number of hydrogen-bond donors (Lipinski definition) is 1. The van der Waals surface area contributed by atoms with Crippen LogP contribution in [0.25, 0.3) is 0 Å². The van der Waals surface area contributed by atoms with Crippen molar-refractivity contribution in [1.82, 2.24) is 4.90 Å². The molecule has 4 heteroatoms. The Bertz CT molecular complexity index is 203. The van der Waals surface area contributed by atoms with Gasteiger partial charge in [0.15, 0.2) is 0 Å². The Hall–Kier alpha value is -0.610. The maximum absolute atomic E-state index is 11.6. The maximum atomic E-state index is 11.6. The van der Waals surface area contributed by atoms with Crippen LogP contribution in [0.5, 0.6) is 0 Å². The van der Waals surface area contributed by atoms with Crippen molar-refractivity contribution in [2.75, 3.05) is 27.3 Å². The lowest BCUT2D eigenvalue weighted by Gasteiger charge is -2.35. The monoisotopic (exact) mass is 214 g/mol. The molecule has 0 bridgehead atoms. The molecule has 1 amide bonds. The van der Waals surface area contributed by atoms with E-state index in [-0.39, 0.29) is 5.91 Å². The molecule has 0 atom stereocenters. The SMILES string of the molecule is COCCCC(=O)N(C)CC1CC(N)C1. The molecule has 2 N–H and O–H groups in total. The van der Waals surface area contributed by atoms with Gasteiger partial charge in [-0.2, -0.15) is 0 Å². The summed E-state index contributed by atoms with van der Waals surface area (Å²) in [5, 5.41) is 0. The fourth-order valence-corrected chi connectivity index (χ4v) is 1.98. The molecule has 0 heterocycles. The normalized spacial score (nSPS) is 24.7. The quantitative estimate of drug-likeness (QED) is 0.659. The van der Waals surface area contributed by atoms with Gasteiger partial charge in [-0.3, -0.25) is 4.79 Å². The Balaban J connectivity index is 2.10. The summed E-state index contributed by atoms with van der Waals surface area (Å²) < 4.78 is 4.91. The zero-order valence-corrected chi connectivity index (χ0v) is 9.74. The number of hydrogen-bond acceptors (Lipinski definition) is 3. The molecule has 88 valence electrons. The van der Waals surface area contributed by atoms with Crippen LogP contribution in [0, 0.1) is 5.92 Å². The fourth-order valence-electron chi connectivity index (χ4n) is 1.98. The van der Waals surface area contributed by atoms with Gasteiger partial charge in [0, 0.05) is 39.8 Å². The van der Waals surface area contributed by atoms with E-state index >= 15 is 0 Å². The molecule has 1 aliphatic carbocycles. The highest BCUT2D eigenvalue weighted by molar-refractivity contribution is 5.75. The lowest BCUT2D eigenvalue weighted by atomic mass is 9.80. The Kier molecular flexibility index (Phi) is 5.05. The average Bonchev–Trinajstić information content (AvgIpc) is 2.15. The van der Waals surface area contributed by atoms with E-state index in [9.17, 15) is 4.79 Å². The van der Waals surface area contributed by atoms with E-state index in [2.05, 4.69) is 0 Å². The van der Waals surface area contributed by atoms with E-state index in [0.29, 0.717) is 25.0 Å². The van der Waals surface area contributed by atoms with Gasteiger partial charge in [0.05, 0.1) is 0 Å². The highest BCUT2D eigenvalue weighted by Crippen LogP contribution is 2.26. The first-order chi connectivity index (χ1) is 7.13. The number of nitrogens with two attached hydrogens (primary N) is 1. The van der Waals surface area contributed by atoms with Gasteiger partial charge in [0.2, 0.25) is 5.91 Å². The van der Waals surface area contributed by atoms with Gasteiger partial charge in [-0.1, -0.05) is 0 Å². The zero-order chi connectivity index (χ0) is 11.3. The molecule has 0 saturated heterocycles. The third-order valence-electron chi connectivity index (χ3n) is 2.97. The van der Waals surface area contributed by atoms with Gasteiger partial charge >= 0.3 is 0 Å². The minimum Gasteiger partial charge on any atom is -0.385 e. The van der Waals surface area contributed by atoms with Crippen molar-refractivity contribution in [2.24, 2.45) is 11.7 Å². The first-order valence-corrected chi connectivity index (χ1v) is 5.62. The van der Waals surface area contributed by atoms with Crippen molar-refractivity contribution in [3.8, 4) is 0 Å². The molecule has 1 aliphatic rings. The van der Waals surface area contributed by atoms with E-state index in [1.165, 1.54) is 0 Å². The molecule has 1 fully saturated rings. The van der Waals surface area contributed by atoms with Crippen molar-refractivity contribution in [2.45, 2.75) is 31.7 Å². The van der Waals surface area contributed by atoms with Gasteiger partial charge in [-0.05, 0) is 25.2 Å². The number of carbonyl (C=O) groups excluding carboxylic acids is 1. The third-order valence-corrected chi connectivity index (χ3v) is 2.97. The molecule has 1 rings (SSSR count). The van der Waals surface area contributed by atoms with Crippen LogP contribution in [0.3, 0.4) is 0 Å². The van der Waals surface area contributed by atoms with Gasteiger partial charge in [0.1, 0.15) is 0 Å². The Morgan fingerprint density at radius 3 is 2.73 bits per heavy atom. The maximum Gasteiger partial charge on any atom is 0.222 e. The minimum absolute atomic E-state index is 0.215. The van der Waals surface area contributed by atoms with Gasteiger partial charge < -0.3 is 15.4 Å². The summed E-state index contributed by atoms with van der Waals surface area (Å²) >= 11 is 0. The van der Waals surface area contributed by atoms with Crippen molar-refractivity contribution < 1.29 is 9.53 Å². The molecule has 4 nitrogen and oxygen atoms in total. The molecular formula is C11H22N2O2. The Morgan fingerprint density at radius 1 is 1.53 bits per heavy atom. The fraction of sp³-hybridized carbons (Fsp3) is 0.909. The molecule has 0 radical (unpaired) electrons. The highest BCUT2D eigenvalue weighted by Gasteiger charge is 2.27. The topological polar surface area (TPSA) is 55.6 Å². The van der Waals surface area contributed by atoms with E-state index in [4.69, 9.17) is 10.5 Å². The van der Waals surface area contributed by atoms with Crippen LogP contribution in [0.4, 0.5) is 0 Å². The number of amides is 1. The third kappa shape index (κ3) is 4.18. The molecule has 0 aromatic heterocycles. The molecule has 1 saturated carbocycles. The average molecular weight is 214 g/mol. The summed E-state index contributed by atoms with van der Waals surface area (Å²) in [6.07, 6.45) is 3.53. The summed E-state index contributed by atoms with van der Waals surface area (Å²) in [5.41, 5.74) is 5.70. The molecule has 0 unspecified atom stereocenters. The smallest absolute Gasteiger partial charge is 0.222 e. The lowest BCUT2D eigenvalue weighted by molar-refractivity contribution is -0.131. The summed E-state index contributed by atoms with van der Waals surface area (Å²) in [6, 6.07) is 0.368. The van der Waals surface area contributed by atoms with Gasteiger partial charge in [0.25, 0.3) is 0 Å².